The molecule has 1 saturated carbocycles. The Morgan fingerprint density at radius 1 is 1.23 bits per heavy atom. The molecule has 0 radical (unpaired) electrons. The first kappa shape index (κ1) is 15.6. The number of nitrogens with zero attached hydrogens (tertiary/aromatic N) is 2. The van der Waals surface area contributed by atoms with Crippen LogP contribution >= 0.6 is 0 Å². The molecular formula is C21H21N3O2. The van der Waals surface area contributed by atoms with Crippen LogP contribution in [0.15, 0.2) is 34.9 Å². The first-order valence-corrected chi connectivity index (χ1v) is 9.36. The predicted octanol–water partition coefficient (Wildman–Crippen LogP) is 4.22. The molecule has 2 aliphatic rings. The van der Waals surface area contributed by atoms with E-state index >= 15 is 0 Å². The second-order valence-corrected chi connectivity index (χ2v) is 7.43. The van der Waals surface area contributed by atoms with E-state index in [0.717, 1.165) is 43.2 Å². The van der Waals surface area contributed by atoms with Crippen molar-refractivity contribution in [2.75, 3.05) is 0 Å². The van der Waals surface area contributed by atoms with Gasteiger partial charge in [0.15, 0.2) is 0 Å². The minimum absolute atomic E-state index is 0.0557. The highest BCUT2D eigenvalue weighted by Gasteiger charge is 2.29. The molecule has 0 saturated heterocycles. The first-order valence-electron chi connectivity index (χ1n) is 9.36. The van der Waals surface area contributed by atoms with Gasteiger partial charge in [-0.05, 0) is 56.2 Å². The molecule has 2 heterocycles. The summed E-state index contributed by atoms with van der Waals surface area (Å²) in [6.07, 6.45) is 5.40. The molecule has 0 spiro atoms. The van der Waals surface area contributed by atoms with Crippen molar-refractivity contribution >= 4 is 17.0 Å². The Hall–Kier alpha value is -2.69. The van der Waals surface area contributed by atoms with Crippen LogP contribution in [0.25, 0.3) is 11.1 Å². The van der Waals surface area contributed by atoms with Crippen LogP contribution in [-0.4, -0.2) is 16.0 Å². The molecule has 1 fully saturated rings. The first-order chi connectivity index (χ1) is 12.7. The van der Waals surface area contributed by atoms with Gasteiger partial charge >= 0.3 is 0 Å². The maximum absolute atomic E-state index is 13.2. The number of pyridine rings is 1. The van der Waals surface area contributed by atoms with Crippen LogP contribution in [0.4, 0.5) is 0 Å². The lowest BCUT2D eigenvalue weighted by molar-refractivity contribution is 0.0934. The summed E-state index contributed by atoms with van der Waals surface area (Å²) in [6.45, 7) is 1.86. The summed E-state index contributed by atoms with van der Waals surface area (Å²) in [5.41, 5.74) is 5.34. The van der Waals surface area contributed by atoms with Crippen LogP contribution in [0, 0.1) is 6.92 Å². The van der Waals surface area contributed by atoms with Crippen molar-refractivity contribution < 1.29 is 9.32 Å². The van der Waals surface area contributed by atoms with Crippen molar-refractivity contribution in [1.82, 2.24) is 15.5 Å². The van der Waals surface area contributed by atoms with E-state index < -0.39 is 0 Å². The third-order valence-corrected chi connectivity index (χ3v) is 5.55. The van der Waals surface area contributed by atoms with Gasteiger partial charge in [-0.15, -0.1) is 0 Å². The molecule has 132 valence electrons. The summed E-state index contributed by atoms with van der Waals surface area (Å²) in [5.74, 6) is 0.388. The van der Waals surface area contributed by atoms with E-state index in [1.807, 2.05) is 19.1 Å². The van der Waals surface area contributed by atoms with Crippen LogP contribution in [0.2, 0.25) is 0 Å². The largest absolute Gasteiger partial charge is 0.345 e. The lowest BCUT2D eigenvalue weighted by atomic mass is 9.87. The van der Waals surface area contributed by atoms with Gasteiger partial charge in [0.1, 0.15) is 0 Å². The zero-order chi connectivity index (χ0) is 17.7. The molecule has 5 heteroatoms. The fourth-order valence-electron chi connectivity index (χ4n) is 4.02. The Morgan fingerprint density at radius 2 is 2.08 bits per heavy atom. The zero-order valence-corrected chi connectivity index (χ0v) is 14.8. The van der Waals surface area contributed by atoms with Crippen molar-refractivity contribution in [2.24, 2.45) is 0 Å². The van der Waals surface area contributed by atoms with E-state index in [1.165, 1.54) is 11.1 Å². The van der Waals surface area contributed by atoms with Crippen molar-refractivity contribution in [2.45, 2.75) is 51.0 Å². The van der Waals surface area contributed by atoms with Crippen LogP contribution < -0.4 is 5.32 Å². The van der Waals surface area contributed by atoms with Gasteiger partial charge in [0.25, 0.3) is 11.6 Å². The summed E-state index contributed by atoms with van der Waals surface area (Å²) in [7, 11) is 0. The molecular weight excluding hydrogens is 326 g/mol. The van der Waals surface area contributed by atoms with Crippen LogP contribution in [-0.2, 0) is 6.42 Å². The number of amides is 1. The number of nitrogens with one attached hydrogen (secondary N) is 1. The molecule has 1 amide bonds. The van der Waals surface area contributed by atoms with E-state index in [2.05, 4.69) is 33.7 Å². The summed E-state index contributed by atoms with van der Waals surface area (Å²) in [4.78, 5) is 17.7. The molecule has 1 atom stereocenters. The quantitative estimate of drug-likeness (QED) is 0.770. The lowest BCUT2D eigenvalue weighted by Crippen LogP contribution is -2.31. The molecule has 1 unspecified atom stereocenters. The second-order valence-electron chi connectivity index (χ2n) is 7.43. The molecule has 0 aliphatic heterocycles. The molecule has 5 nitrogen and oxygen atoms in total. The van der Waals surface area contributed by atoms with Crippen molar-refractivity contribution in [3.63, 3.8) is 0 Å². The Morgan fingerprint density at radius 3 is 2.92 bits per heavy atom. The Bertz CT molecular complexity index is 1000. The average molecular weight is 347 g/mol. The number of hydrogen-bond donors (Lipinski definition) is 1. The number of rotatable bonds is 3. The molecule has 2 aliphatic carbocycles. The Balaban J connectivity index is 1.52. The van der Waals surface area contributed by atoms with Crippen molar-refractivity contribution in [3.05, 3.63) is 58.4 Å². The standard InChI is InChI=1S/C21H21N3O2/c1-12-19-16(11-18(14-9-10-14)23-21(19)26-24-12)20(25)22-17-8-4-6-13-5-2-3-7-15(13)17/h2-3,5,7,11,14,17H,4,6,8-10H2,1H3,(H,22,25). The number of fused-ring (bicyclic) bond motifs is 2. The van der Waals surface area contributed by atoms with Gasteiger partial charge < -0.3 is 9.84 Å². The smallest absolute Gasteiger partial charge is 0.259 e. The fraction of sp³-hybridized carbons (Fsp3) is 0.381. The maximum atomic E-state index is 13.2. The van der Waals surface area contributed by atoms with E-state index in [0.29, 0.717) is 22.9 Å². The van der Waals surface area contributed by atoms with E-state index in [4.69, 9.17) is 4.52 Å². The summed E-state index contributed by atoms with van der Waals surface area (Å²) < 4.78 is 5.36. The van der Waals surface area contributed by atoms with E-state index in [-0.39, 0.29) is 11.9 Å². The van der Waals surface area contributed by atoms with Crippen LogP contribution in [0.3, 0.4) is 0 Å². The topological polar surface area (TPSA) is 68.0 Å². The molecule has 3 aromatic rings. The van der Waals surface area contributed by atoms with Gasteiger partial charge in [0.05, 0.1) is 22.7 Å². The van der Waals surface area contributed by atoms with Gasteiger partial charge in [0.2, 0.25) is 0 Å². The molecule has 1 aromatic carbocycles. The monoisotopic (exact) mass is 347 g/mol. The van der Waals surface area contributed by atoms with Gasteiger partial charge in [-0.2, -0.15) is 0 Å². The van der Waals surface area contributed by atoms with Gasteiger partial charge in [-0.3, -0.25) is 4.79 Å². The van der Waals surface area contributed by atoms with Gasteiger partial charge in [0, 0.05) is 11.6 Å². The highest BCUT2D eigenvalue weighted by molar-refractivity contribution is 6.06. The van der Waals surface area contributed by atoms with Gasteiger partial charge in [-0.25, -0.2) is 4.98 Å². The summed E-state index contributed by atoms with van der Waals surface area (Å²) in [5, 5.41) is 8.01. The van der Waals surface area contributed by atoms with Crippen molar-refractivity contribution in [3.8, 4) is 0 Å². The minimum atomic E-state index is -0.0627. The number of aryl methyl sites for hydroxylation is 2. The zero-order valence-electron chi connectivity index (χ0n) is 14.8. The van der Waals surface area contributed by atoms with E-state index in [1.54, 1.807) is 0 Å². The number of hydrogen-bond acceptors (Lipinski definition) is 4. The highest BCUT2D eigenvalue weighted by atomic mass is 16.5. The molecule has 2 aromatic heterocycles. The summed E-state index contributed by atoms with van der Waals surface area (Å²) >= 11 is 0. The second kappa shape index (κ2) is 5.94. The Kier molecular flexibility index (Phi) is 3.55. The van der Waals surface area contributed by atoms with Gasteiger partial charge in [-0.1, -0.05) is 29.4 Å². The Labute approximate surface area is 151 Å². The predicted molar refractivity (Wildman–Crippen MR) is 98.1 cm³/mol. The molecule has 5 rings (SSSR count). The van der Waals surface area contributed by atoms with Crippen LogP contribution in [0.5, 0.6) is 0 Å². The minimum Gasteiger partial charge on any atom is -0.345 e. The molecule has 0 bridgehead atoms. The third-order valence-electron chi connectivity index (χ3n) is 5.55. The fourth-order valence-corrected chi connectivity index (χ4v) is 4.02. The molecule has 26 heavy (non-hydrogen) atoms. The normalized spacial score (nSPS) is 19.3. The number of benzene rings is 1. The van der Waals surface area contributed by atoms with Crippen LogP contribution in [0.1, 0.15) is 70.5 Å². The maximum Gasteiger partial charge on any atom is 0.259 e. The highest BCUT2D eigenvalue weighted by Crippen LogP contribution is 2.40. The molecule has 1 N–H and O–H groups in total. The summed E-state index contributed by atoms with van der Waals surface area (Å²) in [6, 6.07) is 10.4. The van der Waals surface area contributed by atoms with E-state index in [9.17, 15) is 4.79 Å². The average Bonchev–Trinajstić information content (AvgIpc) is 3.45. The third kappa shape index (κ3) is 2.59. The van der Waals surface area contributed by atoms with Crippen molar-refractivity contribution in [1.29, 1.82) is 0 Å². The number of carbonyl (C=O) groups is 1. The number of aromatic nitrogens is 2. The SMILES string of the molecule is Cc1noc2nc(C3CC3)cc(C(=O)NC3CCCc4ccccc43)c12. The number of carbonyl (C=O) groups excluding carboxylic acids is 1. The lowest BCUT2D eigenvalue weighted by Gasteiger charge is -2.26.